The lowest BCUT2D eigenvalue weighted by Crippen LogP contribution is -2.23. The quantitative estimate of drug-likeness (QED) is 0.786. The summed E-state index contributed by atoms with van der Waals surface area (Å²) in [6, 6.07) is 5.19. The highest BCUT2D eigenvalue weighted by Crippen LogP contribution is 2.11. The molecule has 1 aromatic carbocycles. The summed E-state index contributed by atoms with van der Waals surface area (Å²) in [5.74, 6) is -0.787. The second-order valence-electron chi connectivity index (χ2n) is 3.26. The van der Waals surface area contributed by atoms with Gasteiger partial charge in [-0.15, -0.1) is 11.6 Å². The minimum Gasteiger partial charge on any atom is -0.408 e. The number of oxazole rings is 1. The van der Waals surface area contributed by atoms with Gasteiger partial charge in [0.1, 0.15) is 5.88 Å². The lowest BCUT2D eigenvalue weighted by atomic mass is 10.2. The van der Waals surface area contributed by atoms with Crippen molar-refractivity contribution in [3.8, 4) is 0 Å². The number of hydrogen-bond acceptors (Lipinski definition) is 3. The first-order valence-electron chi connectivity index (χ1n) is 4.63. The smallest absolute Gasteiger partial charge is 0.408 e. The number of carbonyl (C=O) groups is 1. The molecule has 2 N–H and O–H groups in total. The van der Waals surface area contributed by atoms with Crippen LogP contribution in [-0.2, 0) is 11.3 Å². The van der Waals surface area contributed by atoms with Crippen molar-refractivity contribution < 1.29 is 9.21 Å². The van der Waals surface area contributed by atoms with Crippen molar-refractivity contribution in [1.29, 1.82) is 0 Å². The van der Waals surface area contributed by atoms with E-state index in [4.69, 9.17) is 16.0 Å². The first-order valence-corrected chi connectivity index (χ1v) is 5.17. The van der Waals surface area contributed by atoms with Crippen LogP contribution in [0, 0.1) is 0 Å². The molecule has 0 saturated carbocycles. The molecule has 0 aliphatic rings. The number of aromatic nitrogens is 1. The first-order chi connectivity index (χ1) is 7.69. The summed E-state index contributed by atoms with van der Waals surface area (Å²) in [5.41, 5.74) is 1.98. The van der Waals surface area contributed by atoms with E-state index >= 15 is 0 Å². The number of aromatic amines is 1. The van der Waals surface area contributed by atoms with Gasteiger partial charge in [-0.1, -0.05) is 6.07 Å². The normalized spacial score (nSPS) is 10.6. The van der Waals surface area contributed by atoms with Gasteiger partial charge in [0.15, 0.2) is 5.58 Å². The van der Waals surface area contributed by atoms with Crippen LogP contribution < -0.4 is 11.1 Å². The Labute approximate surface area is 95.4 Å². The van der Waals surface area contributed by atoms with Crippen molar-refractivity contribution in [2.45, 2.75) is 6.54 Å². The van der Waals surface area contributed by atoms with Gasteiger partial charge in [0.25, 0.3) is 0 Å². The van der Waals surface area contributed by atoms with Gasteiger partial charge in [0.05, 0.1) is 5.52 Å². The van der Waals surface area contributed by atoms with Crippen LogP contribution in [0.25, 0.3) is 11.1 Å². The molecule has 0 radical (unpaired) electrons. The fraction of sp³-hybridized carbons (Fsp3) is 0.200. The third-order valence-corrected chi connectivity index (χ3v) is 2.34. The molecule has 5 nitrogen and oxygen atoms in total. The Bertz CT molecular complexity index is 573. The summed E-state index contributed by atoms with van der Waals surface area (Å²) in [6.07, 6.45) is 0. The zero-order valence-electron chi connectivity index (χ0n) is 8.25. The summed E-state index contributed by atoms with van der Waals surface area (Å²) in [7, 11) is 0. The maximum absolute atomic E-state index is 10.9. The molecular weight excluding hydrogens is 232 g/mol. The van der Waals surface area contributed by atoms with Gasteiger partial charge in [0, 0.05) is 6.54 Å². The molecular formula is C10H9ClN2O3. The third-order valence-electron chi connectivity index (χ3n) is 2.09. The molecule has 0 unspecified atom stereocenters. The van der Waals surface area contributed by atoms with Crippen molar-refractivity contribution in [1.82, 2.24) is 10.3 Å². The number of halogens is 1. The number of H-pyrrole nitrogens is 1. The van der Waals surface area contributed by atoms with E-state index in [9.17, 15) is 9.59 Å². The number of amides is 1. The minimum absolute atomic E-state index is 0.0647. The monoisotopic (exact) mass is 240 g/mol. The number of fused-ring (bicyclic) bond motifs is 1. The summed E-state index contributed by atoms with van der Waals surface area (Å²) >= 11 is 5.34. The Morgan fingerprint density at radius 1 is 1.50 bits per heavy atom. The Morgan fingerprint density at radius 2 is 2.31 bits per heavy atom. The zero-order chi connectivity index (χ0) is 11.5. The molecule has 0 saturated heterocycles. The lowest BCUT2D eigenvalue weighted by Gasteiger charge is -2.02. The maximum atomic E-state index is 10.9. The highest BCUT2D eigenvalue weighted by Gasteiger charge is 2.03. The average molecular weight is 241 g/mol. The van der Waals surface area contributed by atoms with E-state index in [-0.39, 0.29) is 11.8 Å². The number of benzene rings is 1. The number of alkyl halides is 1. The van der Waals surface area contributed by atoms with Crippen LogP contribution >= 0.6 is 11.6 Å². The van der Waals surface area contributed by atoms with Crippen LogP contribution in [0.4, 0.5) is 0 Å². The predicted molar refractivity (Wildman–Crippen MR) is 59.4 cm³/mol. The summed E-state index contributed by atoms with van der Waals surface area (Å²) < 4.78 is 4.85. The lowest BCUT2D eigenvalue weighted by molar-refractivity contribution is -0.118. The van der Waals surface area contributed by atoms with Gasteiger partial charge < -0.3 is 9.73 Å². The molecule has 0 aliphatic carbocycles. The van der Waals surface area contributed by atoms with Crippen molar-refractivity contribution in [3.63, 3.8) is 0 Å². The second kappa shape index (κ2) is 4.40. The van der Waals surface area contributed by atoms with Crippen LogP contribution in [0.1, 0.15) is 5.56 Å². The van der Waals surface area contributed by atoms with Crippen molar-refractivity contribution in [3.05, 3.63) is 34.3 Å². The molecule has 0 aliphatic heterocycles. The van der Waals surface area contributed by atoms with E-state index in [1.165, 1.54) is 0 Å². The van der Waals surface area contributed by atoms with E-state index in [2.05, 4.69) is 10.3 Å². The molecule has 84 valence electrons. The standard InChI is InChI=1S/C10H9ClN2O3/c11-4-9(14)12-5-6-1-2-8-7(3-6)13-10(15)16-8/h1-3H,4-5H2,(H,12,14)(H,13,15). The van der Waals surface area contributed by atoms with Crippen LogP contribution in [0.5, 0.6) is 0 Å². The van der Waals surface area contributed by atoms with E-state index in [0.717, 1.165) is 5.56 Å². The first kappa shape index (κ1) is 10.8. The van der Waals surface area contributed by atoms with Gasteiger partial charge in [0.2, 0.25) is 5.91 Å². The molecule has 2 rings (SSSR count). The molecule has 16 heavy (non-hydrogen) atoms. The highest BCUT2D eigenvalue weighted by molar-refractivity contribution is 6.27. The molecule has 1 amide bonds. The Hall–Kier alpha value is -1.75. The average Bonchev–Trinajstić information content (AvgIpc) is 2.65. The third kappa shape index (κ3) is 2.25. The molecule has 0 spiro atoms. The fourth-order valence-corrected chi connectivity index (χ4v) is 1.45. The molecule has 1 aromatic heterocycles. The van der Waals surface area contributed by atoms with Crippen molar-refractivity contribution in [2.75, 3.05) is 5.88 Å². The van der Waals surface area contributed by atoms with Crippen LogP contribution in [0.15, 0.2) is 27.4 Å². The molecule has 0 bridgehead atoms. The SMILES string of the molecule is O=C(CCl)NCc1ccc2oc(=O)[nH]c2c1. The van der Waals surface area contributed by atoms with Crippen LogP contribution in [0.3, 0.4) is 0 Å². The summed E-state index contributed by atoms with van der Waals surface area (Å²) in [4.78, 5) is 24.4. The maximum Gasteiger partial charge on any atom is 0.417 e. The van der Waals surface area contributed by atoms with Gasteiger partial charge in [-0.05, 0) is 17.7 Å². The number of hydrogen-bond donors (Lipinski definition) is 2. The Morgan fingerprint density at radius 3 is 3.06 bits per heavy atom. The summed E-state index contributed by atoms with van der Waals surface area (Å²) in [5, 5.41) is 2.63. The number of nitrogens with one attached hydrogen (secondary N) is 2. The van der Waals surface area contributed by atoms with E-state index < -0.39 is 5.76 Å². The Balaban J connectivity index is 2.19. The van der Waals surface area contributed by atoms with Crippen LogP contribution in [-0.4, -0.2) is 16.8 Å². The number of carbonyl (C=O) groups excluding carboxylic acids is 1. The van der Waals surface area contributed by atoms with Gasteiger partial charge >= 0.3 is 5.76 Å². The number of rotatable bonds is 3. The Kier molecular flexibility index (Phi) is 2.96. The fourth-order valence-electron chi connectivity index (χ4n) is 1.36. The largest absolute Gasteiger partial charge is 0.417 e. The van der Waals surface area contributed by atoms with Gasteiger partial charge in [-0.2, -0.15) is 0 Å². The molecule has 2 aromatic rings. The highest BCUT2D eigenvalue weighted by atomic mass is 35.5. The van der Waals surface area contributed by atoms with E-state index in [1.54, 1.807) is 18.2 Å². The van der Waals surface area contributed by atoms with Crippen molar-refractivity contribution in [2.24, 2.45) is 0 Å². The van der Waals surface area contributed by atoms with Gasteiger partial charge in [-0.25, -0.2) is 4.79 Å². The molecule has 1 heterocycles. The second-order valence-corrected chi connectivity index (χ2v) is 3.52. The topological polar surface area (TPSA) is 75.1 Å². The molecule has 0 fully saturated rings. The minimum atomic E-state index is -0.489. The molecule has 6 heteroatoms. The van der Waals surface area contributed by atoms with Crippen LogP contribution in [0.2, 0.25) is 0 Å². The zero-order valence-corrected chi connectivity index (χ0v) is 9.00. The predicted octanol–water partition coefficient (Wildman–Crippen LogP) is 0.976. The van der Waals surface area contributed by atoms with Gasteiger partial charge in [-0.3, -0.25) is 9.78 Å². The van der Waals surface area contributed by atoms with E-state index in [0.29, 0.717) is 17.6 Å². The summed E-state index contributed by atoms with van der Waals surface area (Å²) in [6.45, 7) is 0.370. The van der Waals surface area contributed by atoms with Crippen molar-refractivity contribution >= 4 is 28.6 Å². The van der Waals surface area contributed by atoms with E-state index in [1.807, 2.05) is 0 Å². The molecule has 0 atom stereocenters.